The van der Waals surface area contributed by atoms with Crippen molar-refractivity contribution in [3.63, 3.8) is 0 Å². The molecule has 0 bridgehead atoms. The summed E-state index contributed by atoms with van der Waals surface area (Å²) in [6, 6.07) is 3.78. The Labute approximate surface area is 151 Å². The lowest BCUT2D eigenvalue weighted by Crippen LogP contribution is -2.29. The van der Waals surface area contributed by atoms with Crippen molar-refractivity contribution in [3.05, 3.63) is 42.5 Å². The summed E-state index contributed by atoms with van der Waals surface area (Å²) in [7, 11) is 0. The Bertz CT molecular complexity index is 962. The first kappa shape index (κ1) is 16.8. The van der Waals surface area contributed by atoms with Gasteiger partial charge in [-0.3, -0.25) is 9.38 Å². The second-order valence-electron chi connectivity index (χ2n) is 7.07. The van der Waals surface area contributed by atoms with Crippen LogP contribution in [0, 0.1) is 0 Å². The highest BCUT2D eigenvalue weighted by atomic mass is 16.3. The summed E-state index contributed by atoms with van der Waals surface area (Å²) in [5.74, 6) is 0.606. The fourth-order valence-corrected chi connectivity index (χ4v) is 3.06. The van der Waals surface area contributed by atoms with Crippen LogP contribution in [0.25, 0.3) is 17.0 Å². The fraction of sp³-hybridized carbons (Fsp3) is 0.368. The van der Waals surface area contributed by atoms with Crippen LogP contribution in [-0.4, -0.2) is 43.3 Å². The van der Waals surface area contributed by atoms with Crippen LogP contribution in [0.2, 0.25) is 0 Å². The van der Waals surface area contributed by atoms with E-state index in [4.69, 9.17) is 0 Å². The number of piperidine rings is 1. The molecule has 4 rings (SSSR count). The summed E-state index contributed by atoms with van der Waals surface area (Å²) in [5.41, 5.74) is 3.30. The molecule has 0 radical (unpaired) electrons. The predicted octanol–water partition coefficient (Wildman–Crippen LogP) is 2.47. The molecule has 0 unspecified atom stereocenters. The molecule has 0 saturated carbocycles. The molecule has 1 fully saturated rings. The van der Waals surface area contributed by atoms with Crippen molar-refractivity contribution < 1.29 is 5.11 Å². The molecule has 0 aromatic carbocycles. The normalized spacial score (nSPS) is 17.1. The Kier molecular flexibility index (Phi) is 4.26. The minimum absolute atomic E-state index is 0.606. The van der Waals surface area contributed by atoms with Crippen LogP contribution in [0.1, 0.15) is 32.3 Å². The van der Waals surface area contributed by atoms with E-state index in [1.165, 1.54) is 0 Å². The molecule has 3 aromatic rings. The summed E-state index contributed by atoms with van der Waals surface area (Å²) in [6.45, 7) is 5.37. The molecule has 0 atom stereocenters. The van der Waals surface area contributed by atoms with Crippen LogP contribution < -0.4 is 5.32 Å². The number of aliphatic imine (C=N–C) groups is 1. The third-order valence-corrected chi connectivity index (χ3v) is 4.52. The summed E-state index contributed by atoms with van der Waals surface area (Å²) < 4.78 is 1.93. The SMILES string of the molecule is CC(C)(O)c1ccc2ncc(-c3cncc(N=C4CCCNC4)n3)n2c1. The van der Waals surface area contributed by atoms with Crippen molar-refractivity contribution in [1.29, 1.82) is 0 Å². The highest BCUT2D eigenvalue weighted by Gasteiger charge is 2.18. The zero-order valence-corrected chi connectivity index (χ0v) is 15.0. The van der Waals surface area contributed by atoms with Gasteiger partial charge in [0.15, 0.2) is 5.82 Å². The van der Waals surface area contributed by atoms with Gasteiger partial charge < -0.3 is 10.4 Å². The van der Waals surface area contributed by atoms with E-state index < -0.39 is 5.60 Å². The van der Waals surface area contributed by atoms with Crippen LogP contribution in [0.15, 0.2) is 41.9 Å². The van der Waals surface area contributed by atoms with Crippen LogP contribution in [0.3, 0.4) is 0 Å². The standard InChI is InChI=1S/C19H22N6O/c1-19(2,26)13-5-6-18-22-10-16(25(18)12-13)15-9-21-11-17(24-15)23-14-4-3-7-20-8-14/h5-6,9-12,20,26H,3-4,7-8H2,1-2H3. The van der Waals surface area contributed by atoms with Gasteiger partial charge in [-0.2, -0.15) is 0 Å². The van der Waals surface area contributed by atoms with E-state index in [-0.39, 0.29) is 0 Å². The highest BCUT2D eigenvalue weighted by Crippen LogP contribution is 2.25. The van der Waals surface area contributed by atoms with Crippen molar-refractivity contribution in [2.24, 2.45) is 4.99 Å². The predicted molar refractivity (Wildman–Crippen MR) is 101 cm³/mol. The van der Waals surface area contributed by atoms with Gasteiger partial charge in [0.05, 0.1) is 29.9 Å². The molecule has 0 aliphatic carbocycles. The van der Waals surface area contributed by atoms with Gasteiger partial charge in [0, 0.05) is 18.5 Å². The van der Waals surface area contributed by atoms with Crippen LogP contribution >= 0.6 is 0 Å². The molecule has 1 saturated heterocycles. The minimum Gasteiger partial charge on any atom is -0.386 e. The average molecular weight is 350 g/mol. The second-order valence-corrected chi connectivity index (χ2v) is 7.07. The summed E-state index contributed by atoms with van der Waals surface area (Å²) in [4.78, 5) is 18.0. The van der Waals surface area contributed by atoms with Gasteiger partial charge in [0.2, 0.25) is 0 Å². The number of rotatable bonds is 3. The number of nitrogens with one attached hydrogen (secondary N) is 1. The summed E-state index contributed by atoms with van der Waals surface area (Å²) >= 11 is 0. The van der Waals surface area contributed by atoms with Gasteiger partial charge in [-0.1, -0.05) is 6.07 Å². The molecule has 0 spiro atoms. The lowest BCUT2D eigenvalue weighted by molar-refractivity contribution is 0.0782. The molecule has 26 heavy (non-hydrogen) atoms. The van der Waals surface area contributed by atoms with E-state index in [2.05, 4.69) is 25.3 Å². The van der Waals surface area contributed by atoms with Gasteiger partial charge in [0.1, 0.15) is 11.3 Å². The molecule has 0 amide bonds. The monoisotopic (exact) mass is 350 g/mol. The largest absolute Gasteiger partial charge is 0.386 e. The third-order valence-electron chi connectivity index (χ3n) is 4.52. The molecular weight excluding hydrogens is 328 g/mol. The summed E-state index contributed by atoms with van der Waals surface area (Å²) in [5, 5.41) is 13.6. The molecule has 4 heterocycles. The van der Waals surface area contributed by atoms with Gasteiger partial charge in [0.25, 0.3) is 0 Å². The van der Waals surface area contributed by atoms with E-state index in [9.17, 15) is 5.11 Å². The smallest absolute Gasteiger partial charge is 0.171 e. The van der Waals surface area contributed by atoms with Crippen molar-refractivity contribution in [2.45, 2.75) is 32.3 Å². The van der Waals surface area contributed by atoms with E-state index in [0.29, 0.717) is 11.5 Å². The molecule has 3 aromatic heterocycles. The number of hydrogen-bond acceptors (Lipinski definition) is 6. The average Bonchev–Trinajstić information content (AvgIpc) is 3.05. The maximum atomic E-state index is 10.3. The second kappa shape index (κ2) is 6.59. The Morgan fingerprint density at radius 3 is 2.88 bits per heavy atom. The fourth-order valence-electron chi connectivity index (χ4n) is 3.06. The van der Waals surface area contributed by atoms with Crippen LogP contribution in [-0.2, 0) is 5.60 Å². The van der Waals surface area contributed by atoms with Gasteiger partial charge >= 0.3 is 0 Å². The number of nitrogens with zero attached hydrogens (tertiary/aromatic N) is 5. The lowest BCUT2D eigenvalue weighted by Gasteiger charge is -2.18. The maximum Gasteiger partial charge on any atom is 0.171 e. The third kappa shape index (κ3) is 3.36. The summed E-state index contributed by atoms with van der Waals surface area (Å²) in [6.07, 6.45) is 9.14. The molecule has 1 aliphatic rings. The molecule has 7 heteroatoms. The van der Waals surface area contributed by atoms with E-state index in [1.807, 2.05) is 22.7 Å². The van der Waals surface area contributed by atoms with Gasteiger partial charge in [-0.25, -0.2) is 15.0 Å². The Balaban J connectivity index is 1.74. The molecular formula is C19H22N6O. The van der Waals surface area contributed by atoms with E-state index >= 15 is 0 Å². The van der Waals surface area contributed by atoms with E-state index in [0.717, 1.165) is 48.5 Å². The van der Waals surface area contributed by atoms with Crippen molar-refractivity contribution in [3.8, 4) is 11.4 Å². The van der Waals surface area contributed by atoms with Gasteiger partial charge in [-0.15, -0.1) is 0 Å². The number of fused-ring (bicyclic) bond motifs is 1. The number of aromatic nitrogens is 4. The molecule has 7 nitrogen and oxygen atoms in total. The Hall–Kier alpha value is -2.64. The van der Waals surface area contributed by atoms with Crippen LogP contribution in [0.5, 0.6) is 0 Å². The Morgan fingerprint density at radius 2 is 2.12 bits per heavy atom. The minimum atomic E-state index is -0.927. The van der Waals surface area contributed by atoms with Crippen molar-refractivity contribution in [2.75, 3.05) is 13.1 Å². The quantitative estimate of drug-likeness (QED) is 0.758. The molecule has 2 N–H and O–H groups in total. The van der Waals surface area contributed by atoms with Gasteiger partial charge in [-0.05, 0) is 44.9 Å². The maximum absolute atomic E-state index is 10.3. The first-order valence-electron chi connectivity index (χ1n) is 8.80. The van der Waals surface area contributed by atoms with E-state index in [1.54, 1.807) is 32.4 Å². The molecule has 134 valence electrons. The highest BCUT2D eigenvalue weighted by molar-refractivity contribution is 5.89. The van der Waals surface area contributed by atoms with Crippen molar-refractivity contribution >= 4 is 17.2 Å². The topological polar surface area (TPSA) is 87.7 Å². The first-order valence-corrected chi connectivity index (χ1v) is 8.80. The zero-order valence-electron chi connectivity index (χ0n) is 15.0. The number of pyridine rings is 1. The molecule has 1 aliphatic heterocycles. The van der Waals surface area contributed by atoms with Crippen LogP contribution in [0.4, 0.5) is 5.82 Å². The number of hydrogen-bond donors (Lipinski definition) is 2. The number of imidazole rings is 1. The zero-order chi connectivity index (χ0) is 18.1. The van der Waals surface area contributed by atoms with Crippen molar-refractivity contribution in [1.82, 2.24) is 24.7 Å². The lowest BCUT2D eigenvalue weighted by atomic mass is 10.0. The Morgan fingerprint density at radius 1 is 1.23 bits per heavy atom. The first-order chi connectivity index (χ1) is 12.5. The number of aliphatic hydroxyl groups is 1.